The van der Waals surface area contributed by atoms with E-state index in [1.165, 1.54) is 5.69 Å². The lowest BCUT2D eigenvalue weighted by atomic mass is 10.3. The van der Waals surface area contributed by atoms with Crippen molar-refractivity contribution in [3.63, 3.8) is 0 Å². The average molecular weight is 387 g/mol. The predicted octanol–water partition coefficient (Wildman–Crippen LogP) is 1.90. The number of nitrogens with zero attached hydrogens (tertiary/aromatic N) is 2. The van der Waals surface area contributed by atoms with Crippen LogP contribution in [0, 0.1) is 0 Å². The smallest absolute Gasteiger partial charge is 0.191 e. The second-order valence-corrected chi connectivity index (χ2v) is 8.65. The molecule has 0 spiro atoms. The van der Waals surface area contributed by atoms with Crippen molar-refractivity contribution in [2.45, 2.75) is 17.4 Å². The quantitative estimate of drug-likeness (QED) is 0.586. The average Bonchev–Trinajstić information content (AvgIpc) is 3.17. The summed E-state index contributed by atoms with van der Waals surface area (Å²) in [5.74, 6) is 0.664. The molecular formula is C20H26N4O2S. The van der Waals surface area contributed by atoms with E-state index in [1.54, 1.807) is 31.3 Å². The topological polar surface area (TPSA) is 73.8 Å². The Hall–Kier alpha value is -2.54. The Morgan fingerprint density at radius 3 is 2.44 bits per heavy atom. The molecule has 144 valence electrons. The van der Waals surface area contributed by atoms with Gasteiger partial charge in [0, 0.05) is 38.4 Å². The number of nitrogens with one attached hydrogen (secondary N) is 2. The summed E-state index contributed by atoms with van der Waals surface area (Å²) in [4.78, 5) is 6.91. The number of benzene rings is 2. The van der Waals surface area contributed by atoms with Gasteiger partial charge in [-0.05, 0) is 30.7 Å². The van der Waals surface area contributed by atoms with Gasteiger partial charge in [0.1, 0.15) is 0 Å². The minimum atomic E-state index is -3.29. The first-order chi connectivity index (χ1) is 13.1. The van der Waals surface area contributed by atoms with Crippen LogP contribution in [0.2, 0.25) is 0 Å². The van der Waals surface area contributed by atoms with Gasteiger partial charge in [0.2, 0.25) is 0 Å². The van der Waals surface area contributed by atoms with Crippen molar-refractivity contribution in [3.05, 3.63) is 60.7 Å². The minimum absolute atomic E-state index is 0.0263. The summed E-state index contributed by atoms with van der Waals surface area (Å²) in [5, 5.41) is 6.51. The van der Waals surface area contributed by atoms with E-state index in [9.17, 15) is 8.42 Å². The van der Waals surface area contributed by atoms with Gasteiger partial charge in [0.05, 0.1) is 10.6 Å². The molecule has 2 aromatic rings. The van der Waals surface area contributed by atoms with E-state index >= 15 is 0 Å². The molecule has 0 bridgehead atoms. The molecule has 1 aliphatic heterocycles. The van der Waals surface area contributed by atoms with E-state index < -0.39 is 9.84 Å². The van der Waals surface area contributed by atoms with E-state index in [4.69, 9.17) is 0 Å². The second-order valence-electron chi connectivity index (χ2n) is 6.54. The lowest BCUT2D eigenvalue weighted by molar-refractivity contribution is 0.594. The van der Waals surface area contributed by atoms with Crippen molar-refractivity contribution in [2.75, 3.05) is 37.3 Å². The number of guanidine groups is 1. The summed E-state index contributed by atoms with van der Waals surface area (Å²) >= 11 is 0. The molecule has 1 unspecified atom stereocenters. The number of hydrogen-bond acceptors (Lipinski definition) is 4. The van der Waals surface area contributed by atoms with Gasteiger partial charge >= 0.3 is 0 Å². The molecule has 0 aliphatic carbocycles. The number of anilines is 1. The van der Waals surface area contributed by atoms with Crippen molar-refractivity contribution in [3.8, 4) is 0 Å². The summed E-state index contributed by atoms with van der Waals surface area (Å²) in [6.45, 7) is 2.19. The molecule has 7 heteroatoms. The molecule has 3 rings (SSSR count). The van der Waals surface area contributed by atoms with E-state index in [2.05, 4.69) is 32.7 Å². The van der Waals surface area contributed by atoms with Gasteiger partial charge in [0.15, 0.2) is 15.8 Å². The van der Waals surface area contributed by atoms with Crippen molar-refractivity contribution < 1.29 is 8.42 Å². The van der Waals surface area contributed by atoms with Crippen molar-refractivity contribution in [1.29, 1.82) is 0 Å². The SMILES string of the molecule is CN=C(NCCS(=O)(=O)c1ccccc1)NC1CCN(c2ccccc2)C1. The number of para-hydroxylation sites is 1. The second kappa shape index (κ2) is 8.90. The molecule has 0 saturated carbocycles. The van der Waals surface area contributed by atoms with Gasteiger partial charge in [-0.1, -0.05) is 36.4 Å². The molecule has 0 amide bonds. The van der Waals surface area contributed by atoms with Crippen molar-refractivity contribution in [1.82, 2.24) is 10.6 Å². The summed E-state index contributed by atoms with van der Waals surface area (Å²) in [6.07, 6.45) is 1.01. The van der Waals surface area contributed by atoms with Crippen molar-refractivity contribution in [2.24, 2.45) is 4.99 Å². The largest absolute Gasteiger partial charge is 0.369 e. The standard InChI is InChI=1S/C20H26N4O2S/c1-21-20(22-13-15-27(25,26)19-10-6-3-7-11-19)23-17-12-14-24(16-17)18-8-4-2-5-9-18/h2-11,17H,12-16H2,1H3,(H2,21,22,23). The molecule has 2 N–H and O–H groups in total. The van der Waals surface area contributed by atoms with Crippen LogP contribution in [0.15, 0.2) is 70.6 Å². The lowest BCUT2D eigenvalue weighted by Crippen LogP contribution is -2.45. The third-order valence-corrected chi connectivity index (χ3v) is 6.37. The van der Waals surface area contributed by atoms with E-state index in [1.807, 2.05) is 24.3 Å². The Bertz CT molecular complexity index is 854. The molecule has 1 aliphatic rings. The first-order valence-corrected chi connectivity index (χ1v) is 10.8. The van der Waals surface area contributed by atoms with E-state index in [0.717, 1.165) is 19.5 Å². The van der Waals surface area contributed by atoms with Crippen LogP contribution in [-0.2, 0) is 9.84 Å². The molecule has 0 aromatic heterocycles. The van der Waals surface area contributed by atoms with Gasteiger partial charge < -0.3 is 15.5 Å². The Kier molecular flexibility index (Phi) is 6.34. The maximum Gasteiger partial charge on any atom is 0.191 e. The van der Waals surface area contributed by atoms with Gasteiger partial charge in [-0.25, -0.2) is 8.42 Å². The molecule has 27 heavy (non-hydrogen) atoms. The van der Waals surface area contributed by atoms with E-state index in [0.29, 0.717) is 17.4 Å². The van der Waals surface area contributed by atoms with Crippen LogP contribution in [0.4, 0.5) is 5.69 Å². The number of rotatable bonds is 6. The number of hydrogen-bond donors (Lipinski definition) is 2. The monoisotopic (exact) mass is 386 g/mol. The van der Waals surface area contributed by atoms with Crippen LogP contribution in [0.25, 0.3) is 0 Å². The molecule has 0 radical (unpaired) electrons. The van der Waals surface area contributed by atoms with Crippen LogP contribution >= 0.6 is 0 Å². The lowest BCUT2D eigenvalue weighted by Gasteiger charge is -2.20. The van der Waals surface area contributed by atoms with Crippen LogP contribution in [0.1, 0.15) is 6.42 Å². The third-order valence-electron chi connectivity index (χ3n) is 4.64. The highest BCUT2D eigenvalue weighted by atomic mass is 32.2. The Labute approximate surface area is 161 Å². The molecule has 1 saturated heterocycles. The van der Waals surface area contributed by atoms with Crippen LogP contribution in [0.5, 0.6) is 0 Å². The maximum atomic E-state index is 12.3. The fourth-order valence-corrected chi connectivity index (χ4v) is 4.37. The van der Waals surface area contributed by atoms with Crippen molar-refractivity contribution >= 4 is 21.5 Å². The molecular weight excluding hydrogens is 360 g/mol. The normalized spacial score (nSPS) is 17.7. The minimum Gasteiger partial charge on any atom is -0.369 e. The molecule has 1 heterocycles. The van der Waals surface area contributed by atoms with Crippen LogP contribution in [0.3, 0.4) is 0 Å². The Balaban J connectivity index is 1.48. The van der Waals surface area contributed by atoms with Gasteiger partial charge in [0.25, 0.3) is 0 Å². The number of aliphatic imine (C=N–C) groups is 1. The zero-order chi connectivity index (χ0) is 19.1. The number of sulfone groups is 1. The van der Waals surface area contributed by atoms with Gasteiger partial charge in [-0.15, -0.1) is 0 Å². The summed E-state index contributed by atoms with van der Waals surface area (Å²) in [5.41, 5.74) is 1.22. The zero-order valence-corrected chi connectivity index (χ0v) is 16.3. The maximum absolute atomic E-state index is 12.3. The molecule has 1 atom stereocenters. The van der Waals surface area contributed by atoms with Gasteiger partial charge in [-0.2, -0.15) is 0 Å². The first kappa shape index (κ1) is 19.2. The third kappa shape index (κ3) is 5.23. The Morgan fingerprint density at radius 2 is 1.78 bits per heavy atom. The Morgan fingerprint density at radius 1 is 1.11 bits per heavy atom. The first-order valence-electron chi connectivity index (χ1n) is 9.13. The fourth-order valence-electron chi connectivity index (χ4n) is 3.19. The van der Waals surface area contributed by atoms with E-state index in [-0.39, 0.29) is 11.8 Å². The molecule has 1 fully saturated rings. The van der Waals surface area contributed by atoms with Gasteiger partial charge in [-0.3, -0.25) is 4.99 Å². The predicted molar refractivity (Wildman–Crippen MR) is 110 cm³/mol. The molecule has 6 nitrogen and oxygen atoms in total. The van der Waals surface area contributed by atoms with Crippen LogP contribution in [-0.4, -0.2) is 52.9 Å². The highest BCUT2D eigenvalue weighted by molar-refractivity contribution is 7.91. The highest BCUT2D eigenvalue weighted by Crippen LogP contribution is 2.19. The summed E-state index contributed by atoms with van der Waals surface area (Å²) in [6, 6.07) is 19.1. The zero-order valence-electron chi connectivity index (χ0n) is 15.5. The van der Waals surface area contributed by atoms with Crippen LogP contribution < -0.4 is 15.5 Å². The summed E-state index contributed by atoms with van der Waals surface area (Å²) in [7, 11) is -1.59. The summed E-state index contributed by atoms with van der Waals surface area (Å²) < 4.78 is 24.7. The fraction of sp³-hybridized carbons (Fsp3) is 0.350. The highest BCUT2D eigenvalue weighted by Gasteiger charge is 2.23. The molecule has 2 aromatic carbocycles.